The Morgan fingerprint density at radius 3 is 2.50 bits per heavy atom. The van der Waals surface area contributed by atoms with E-state index in [2.05, 4.69) is 5.32 Å². The van der Waals surface area contributed by atoms with E-state index in [1.165, 1.54) is 0 Å². The molecule has 0 aliphatic rings. The van der Waals surface area contributed by atoms with Crippen molar-refractivity contribution in [1.29, 1.82) is 0 Å². The standard InChI is InChI=1S/C14H21ClN2O2.ClH/c1-3-8-14(2,16)13(19)17-9-12(18)10-4-6-11(15)7-5-10;/h4-7,12,18H,3,8-9,16H2,1-2H3,(H,17,19);1H. The molecule has 0 saturated heterocycles. The van der Waals surface area contributed by atoms with Gasteiger partial charge in [0.2, 0.25) is 5.91 Å². The van der Waals surface area contributed by atoms with Gasteiger partial charge in [0.15, 0.2) is 0 Å². The first-order chi connectivity index (χ1) is 8.86. The van der Waals surface area contributed by atoms with Crippen LogP contribution in [-0.4, -0.2) is 23.1 Å². The van der Waals surface area contributed by atoms with Crippen molar-refractivity contribution in [2.24, 2.45) is 5.73 Å². The number of aliphatic hydroxyl groups is 1. The van der Waals surface area contributed by atoms with E-state index in [0.29, 0.717) is 17.0 Å². The molecule has 0 aliphatic heterocycles. The van der Waals surface area contributed by atoms with Crippen LogP contribution in [-0.2, 0) is 4.79 Å². The highest BCUT2D eigenvalue weighted by atomic mass is 35.5. The summed E-state index contributed by atoms with van der Waals surface area (Å²) in [6.45, 7) is 3.80. The predicted octanol–water partition coefficient (Wildman–Crippen LogP) is 2.43. The van der Waals surface area contributed by atoms with Gasteiger partial charge in [-0.2, -0.15) is 0 Å². The molecule has 1 amide bonds. The van der Waals surface area contributed by atoms with Crippen LogP contribution in [0.2, 0.25) is 5.02 Å². The van der Waals surface area contributed by atoms with Crippen molar-refractivity contribution in [3.63, 3.8) is 0 Å². The number of carbonyl (C=O) groups is 1. The highest BCUT2D eigenvalue weighted by Crippen LogP contribution is 2.16. The SMILES string of the molecule is CCCC(C)(N)C(=O)NCC(O)c1ccc(Cl)cc1.Cl. The van der Waals surface area contributed by atoms with Gasteiger partial charge in [0.1, 0.15) is 0 Å². The fourth-order valence-corrected chi connectivity index (χ4v) is 1.95. The lowest BCUT2D eigenvalue weighted by Crippen LogP contribution is -2.52. The number of rotatable bonds is 6. The van der Waals surface area contributed by atoms with Gasteiger partial charge in [0, 0.05) is 11.6 Å². The van der Waals surface area contributed by atoms with Crippen molar-refractivity contribution >= 4 is 29.9 Å². The van der Waals surface area contributed by atoms with Crippen molar-refractivity contribution in [2.45, 2.75) is 38.3 Å². The van der Waals surface area contributed by atoms with Crippen LogP contribution >= 0.6 is 24.0 Å². The zero-order valence-corrected chi connectivity index (χ0v) is 13.3. The molecule has 0 saturated carbocycles. The van der Waals surface area contributed by atoms with Gasteiger partial charge >= 0.3 is 0 Å². The third kappa shape index (κ3) is 5.67. The fraction of sp³-hybridized carbons (Fsp3) is 0.500. The number of benzene rings is 1. The summed E-state index contributed by atoms with van der Waals surface area (Å²) in [7, 11) is 0. The van der Waals surface area contributed by atoms with Crippen LogP contribution in [0.15, 0.2) is 24.3 Å². The van der Waals surface area contributed by atoms with Gasteiger partial charge in [-0.1, -0.05) is 37.1 Å². The summed E-state index contributed by atoms with van der Waals surface area (Å²) in [5, 5.41) is 13.2. The number of nitrogens with one attached hydrogen (secondary N) is 1. The maximum atomic E-state index is 11.9. The molecule has 114 valence electrons. The second-order valence-corrected chi connectivity index (χ2v) is 5.38. The zero-order valence-electron chi connectivity index (χ0n) is 11.7. The molecule has 2 unspecified atom stereocenters. The highest BCUT2D eigenvalue weighted by molar-refractivity contribution is 6.30. The van der Waals surface area contributed by atoms with Gasteiger partial charge in [-0.25, -0.2) is 0 Å². The number of nitrogens with two attached hydrogens (primary N) is 1. The Hall–Kier alpha value is -0.810. The van der Waals surface area contributed by atoms with Crippen LogP contribution in [0.1, 0.15) is 38.4 Å². The van der Waals surface area contributed by atoms with Crippen molar-refractivity contribution in [3.8, 4) is 0 Å². The van der Waals surface area contributed by atoms with Crippen LogP contribution in [0.3, 0.4) is 0 Å². The second-order valence-electron chi connectivity index (χ2n) is 4.94. The van der Waals surface area contributed by atoms with E-state index in [9.17, 15) is 9.90 Å². The monoisotopic (exact) mass is 320 g/mol. The minimum Gasteiger partial charge on any atom is -0.387 e. The summed E-state index contributed by atoms with van der Waals surface area (Å²) in [6, 6.07) is 6.86. The molecule has 6 heteroatoms. The van der Waals surface area contributed by atoms with Gasteiger partial charge in [0.25, 0.3) is 0 Å². The number of aliphatic hydroxyl groups excluding tert-OH is 1. The summed E-state index contributed by atoms with van der Waals surface area (Å²) in [5.74, 6) is -0.248. The van der Waals surface area contributed by atoms with Crippen molar-refractivity contribution in [3.05, 3.63) is 34.9 Å². The molecule has 20 heavy (non-hydrogen) atoms. The van der Waals surface area contributed by atoms with Gasteiger partial charge < -0.3 is 16.2 Å². The predicted molar refractivity (Wildman–Crippen MR) is 84.2 cm³/mol. The Morgan fingerprint density at radius 1 is 1.45 bits per heavy atom. The van der Waals surface area contributed by atoms with Gasteiger partial charge in [-0.05, 0) is 31.0 Å². The molecule has 2 atom stereocenters. The van der Waals surface area contributed by atoms with Crippen LogP contribution in [0, 0.1) is 0 Å². The molecular formula is C14H22Cl2N2O2. The Bertz CT molecular complexity index is 422. The lowest BCUT2D eigenvalue weighted by Gasteiger charge is -2.23. The summed E-state index contributed by atoms with van der Waals surface area (Å²) >= 11 is 5.77. The Morgan fingerprint density at radius 2 is 2.00 bits per heavy atom. The number of amides is 1. The number of hydrogen-bond acceptors (Lipinski definition) is 3. The quantitative estimate of drug-likeness (QED) is 0.753. The van der Waals surface area contributed by atoms with E-state index < -0.39 is 11.6 Å². The lowest BCUT2D eigenvalue weighted by atomic mass is 9.96. The van der Waals surface area contributed by atoms with Crippen molar-refractivity contribution < 1.29 is 9.90 Å². The Balaban J connectivity index is 0.00000361. The summed E-state index contributed by atoms with van der Waals surface area (Å²) in [5.41, 5.74) is 5.72. The second kappa shape index (κ2) is 8.47. The lowest BCUT2D eigenvalue weighted by molar-refractivity contribution is -0.126. The smallest absolute Gasteiger partial charge is 0.239 e. The molecule has 0 bridgehead atoms. The van der Waals surface area contributed by atoms with Gasteiger partial charge in [-0.15, -0.1) is 12.4 Å². The molecule has 4 nitrogen and oxygen atoms in total. The first-order valence-electron chi connectivity index (χ1n) is 6.37. The zero-order chi connectivity index (χ0) is 14.5. The molecule has 0 fully saturated rings. The largest absolute Gasteiger partial charge is 0.387 e. The van der Waals surface area contributed by atoms with Gasteiger partial charge in [0.05, 0.1) is 11.6 Å². The van der Waals surface area contributed by atoms with Crippen LogP contribution in [0.25, 0.3) is 0 Å². The molecule has 1 aromatic carbocycles. The van der Waals surface area contributed by atoms with E-state index in [4.69, 9.17) is 17.3 Å². The molecule has 4 N–H and O–H groups in total. The summed E-state index contributed by atoms with van der Waals surface area (Å²) in [4.78, 5) is 11.9. The molecule has 0 aromatic heterocycles. The molecule has 0 heterocycles. The first kappa shape index (κ1) is 19.2. The Labute approximate surface area is 131 Å². The molecule has 0 radical (unpaired) electrons. The molecule has 0 aliphatic carbocycles. The Kier molecular flexibility index (Phi) is 8.13. The third-order valence-electron chi connectivity index (χ3n) is 3.00. The fourth-order valence-electron chi connectivity index (χ4n) is 1.83. The molecule has 1 aromatic rings. The average Bonchev–Trinajstić information content (AvgIpc) is 2.36. The van der Waals surface area contributed by atoms with E-state index >= 15 is 0 Å². The topological polar surface area (TPSA) is 75.4 Å². The third-order valence-corrected chi connectivity index (χ3v) is 3.25. The minimum absolute atomic E-state index is 0. The first-order valence-corrected chi connectivity index (χ1v) is 6.75. The summed E-state index contributed by atoms with van der Waals surface area (Å²) < 4.78 is 0. The molecular weight excluding hydrogens is 299 g/mol. The average molecular weight is 321 g/mol. The minimum atomic E-state index is -0.894. The number of halogens is 2. The van der Waals surface area contributed by atoms with Crippen molar-refractivity contribution in [1.82, 2.24) is 5.32 Å². The van der Waals surface area contributed by atoms with E-state index in [1.54, 1.807) is 31.2 Å². The highest BCUT2D eigenvalue weighted by Gasteiger charge is 2.27. The van der Waals surface area contributed by atoms with Gasteiger partial charge in [-0.3, -0.25) is 4.79 Å². The van der Waals surface area contributed by atoms with Crippen molar-refractivity contribution in [2.75, 3.05) is 6.54 Å². The van der Waals surface area contributed by atoms with E-state index in [1.807, 2.05) is 6.92 Å². The number of carbonyl (C=O) groups excluding carboxylic acids is 1. The van der Waals surface area contributed by atoms with Crippen LogP contribution < -0.4 is 11.1 Å². The van der Waals surface area contributed by atoms with E-state index in [0.717, 1.165) is 6.42 Å². The molecule has 0 spiro atoms. The summed E-state index contributed by atoms with van der Waals surface area (Å²) in [6.07, 6.45) is 0.675. The maximum Gasteiger partial charge on any atom is 0.239 e. The molecule has 1 rings (SSSR count). The van der Waals surface area contributed by atoms with E-state index in [-0.39, 0.29) is 24.9 Å². The number of hydrogen-bond donors (Lipinski definition) is 3. The maximum absolute atomic E-state index is 11.9. The van der Waals surface area contributed by atoms with Crippen LogP contribution in [0.4, 0.5) is 0 Å². The normalized spacial score (nSPS) is 14.8. The van der Waals surface area contributed by atoms with Crippen LogP contribution in [0.5, 0.6) is 0 Å².